The van der Waals surface area contributed by atoms with E-state index in [0.29, 0.717) is 30.9 Å². The van der Waals surface area contributed by atoms with Crippen LogP contribution in [0, 0.1) is 11.7 Å². The van der Waals surface area contributed by atoms with E-state index in [2.05, 4.69) is 9.62 Å². The minimum Gasteiger partial charge on any atom is -0.492 e. The Balaban J connectivity index is 1.44. The van der Waals surface area contributed by atoms with E-state index in [1.807, 2.05) is 0 Å². The first-order valence-electron chi connectivity index (χ1n) is 10.9. The number of carboxylic acid groups (broad SMARTS) is 1. The van der Waals surface area contributed by atoms with Crippen LogP contribution in [0.1, 0.15) is 46.7 Å². The molecule has 2 aromatic rings. The van der Waals surface area contributed by atoms with Gasteiger partial charge in [0.15, 0.2) is 0 Å². The standard InChI is InChI=1S/C23H25FN2O5S/c24-16-4-7-20(14(11-16)3-1-8-26-9-2-10-26)32(29,30)25-19-6-5-17-18-12-15(18)13-31-22(17)21(19)23(27)28/h4-7,11,15,18,25H,1-3,8-10,12-13H2,(H,27,28)/t15-,18-/m1/s1. The summed E-state index contributed by atoms with van der Waals surface area (Å²) in [7, 11) is -4.14. The number of anilines is 1. The average Bonchev–Trinajstić information content (AvgIpc) is 3.49. The maximum absolute atomic E-state index is 13.9. The first-order chi connectivity index (χ1) is 15.3. The van der Waals surface area contributed by atoms with Crippen LogP contribution in [0.15, 0.2) is 35.2 Å². The number of aromatic carboxylic acids is 1. The molecule has 32 heavy (non-hydrogen) atoms. The summed E-state index contributed by atoms with van der Waals surface area (Å²) in [6, 6.07) is 6.81. The summed E-state index contributed by atoms with van der Waals surface area (Å²) >= 11 is 0. The monoisotopic (exact) mass is 460 g/mol. The van der Waals surface area contributed by atoms with Crippen molar-refractivity contribution in [2.24, 2.45) is 5.92 Å². The van der Waals surface area contributed by atoms with Gasteiger partial charge >= 0.3 is 5.97 Å². The van der Waals surface area contributed by atoms with E-state index >= 15 is 0 Å². The van der Waals surface area contributed by atoms with Crippen molar-refractivity contribution in [2.75, 3.05) is 31.0 Å². The number of benzene rings is 2. The van der Waals surface area contributed by atoms with Gasteiger partial charge in [0.1, 0.15) is 17.1 Å². The van der Waals surface area contributed by atoms with Crippen molar-refractivity contribution in [3.05, 3.63) is 52.8 Å². The molecule has 0 aromatic heterocycles. The Morgan fingerprint density at radius 1 is 1.25 bits per heavy atom. The van der Waals surface area contributed by atoms with Crippen LogP contribution in [-0.2, 0) is 16.4 Å². The van der Waals surface area contributed by atoms with Crippen molar-refractivity contribution in [1.29, 1.82) is 0 Å². The van der Waals surface area contributed by atoms with E-state index in [1.165, 1.54) is 24.6 Å². The van der Waals surface area contributed by atoms with Crippen molar-refractivity contribution in [1.82, 2.24) is 4.90 Å². The summed E-state index contributed by atoms with van der Waals surface area (Å²) < 4.78 is 48.5. The van der Waals surface area contributed by atoms with Crippen molar-refractivity contribution in [3.8, 4) is 5.75 Å². The minimum atomic E-state index is -4.14. The molecular weight excluding hydrogens is 435 g/mol. The molecule has 2 aliphatic heterocycles. The van der Waals surface area contributed by atoms with Crippen molar-refractivity contribution >= 4 is 21.7 Å². The number of rotatable bonds is 8. The van der Waals surface area contributed by atoms with Gasteiger partial charge in [-0.25, -0.2) is 17.6 Å². The quantitative estimate of drug-likeness (QED) is 0.626. The number of carbonyl (C=O) groups is 1. The molecule has 0 amide bonds. The third-order valence-corrected chi connectivity index (χ3v) is 8.06. The number of ether oxygens (including phenoxy) is 1. The van der Waals surface area contributed by atoms with E-state index in [9.17, 15) is 22.7 Å². The fraction of sp³-hybridized carbons (Fsp3) is 0.435. The second-order valence-corrected chi connectivity index (χ2v) is 10.4. The van der Waals surface area contributed by atoms with Gasteiger partial charge in [-0.3, -0.25) is 4.72 Å². The number of hydrogen-bond donors (Lipinski definition) is 2. The zero-order chi connectivity index (χ0) is 22.5. The van der Waals surface area contributed by atoms with Gasteiger partial charge < -0.3 is 14.7 Å². The highest BCUT2D eigenvalue weighted by molar-refractivity contribution is 7.92. The molecule has 0 spiro atoms. The Morgan fingerprint density at radius 2 is 2.06 bits per heavy atom. The van der Waals surface area contributed by atoms with E-state index < -0.39 is 21.8 Å². The molecule has 0 unspecified atom stereocenters. The Morgan fingerprint density at radius 3 is 2.78 bits per heavy atom. The van der Waals surface area contributed by atoms with Gasteiger partial charge in [-0.15, -0.1) is 0 Å². The molecule has 7 nitrogen and oxygen atoms in total. The van der Waals surface area contributed by atoms with Gasteiger partial charge in [-0.05, 0) is 86.6 Å². The Labute approximate surface area is 186 Å². The predicted octanol–water partition coefficient (Wildman–Crippen LogP) is 3.46. The normalized spacial score (nSPS) is 21.7. The fourth-order valence-electron chi connectivity index (χ4n) is 4.65. The summed E-state index contributed by atoms with van der Waals surface area (Å²) in [5.41, 5.74) is 0.962. The van der Waals surface area contributed by atoms with Crippen molar-refractivity contribution in [3.63, 3.8) is 0 Å². The largest absolute Gasteiger partial charge is 0.492 e. The lowest BCUT2D eigenvalue weighted by atomic mass is 10.0. The smallest absolute Gasteiger partial charge is 0.341 e. The number of likely N-dealkylation sites (tertiary alicyclic amines) is 1. The van der Waals surface area contributed by atoms with Gasteiger partial charge in [-0.2, -0.15) is 0 Å². The summed E-state index contributed by atoms with van der Waals surface area (Å²) in [5.74, 6) is -0.838. The lowest BCUT2D eigenvalue weighted by Gasteiger charge is -2.30. The molecule has 1 aliphatic carbocycles. The van der Waals surface area contributed by atoms with Gasteiger partial charge in [0.2, 0.25) is 0 Å². The molecule has 2 heterocycles. The molecule has 5 rings (SSSR count). The second-order valence-electron chi connectivity index (χ2n) is 8.78. The van der Waals surface area contributed by atoms with Gasteiger partial charge in [0.25, 0.3) is 10.0 Å². The third kappa shape index (κ3) is 3.95. The van der Waals surface area contributed by atoms with Crippen LogP contribution in [0.5, 0.6) is 5.75 Å². The molecule has 2 aromatic carbocycles. The van der Waals surface area contributed by atoms with Crippen LogP contribution in [0.25, 0.3) is 0 Å². The molecule has 0 bridgehead atoms. The van der Waals surface area contributed by atoms with Gasteiger partial charge in [0.05, 0.1) is 17.2 Å². The number of nitrogens with zero attached hydrogens (tertiary/aromatic N) is 1. The summed E-state index contributed by atoms with van der Waals surface area (Å²) in [6.07, 6.45) is 3.24. The van der Waals surface area contributed by atoms with Crippen LogP contribution < -0.4 is 9.46 Å². The van der Waals surface area contributed by atoms with Crippen LogP contribution in [-0.4, -0.2) is 50.6 Å². The zero-order valence-corrected chi connectivity index (χ0v) is 18.3. The number of fused-ring (bicyclic) bond motifs is 3. The lowest BCUT2D eigenvalue weighted by Crippen LogP contribution is -2.37. The van der Waals surface area contributed by atoms with E-state index in [-0.39, 0.29) is 27.8 Å². The van der Waals surface area contributed by atoms with E-state index in [1.54, 1.807) is 6.07 Å². The van der Waals surface area contributed by atoms with Crippen LogP contribution in [0.3, 0.4) is 0 Å². The minimum absolute atomic E-state index is 0.0419. The highest BCUT2D eigenvalue weighted by atomic mass is 32.2. The Kier molecular flexibility index (Phi) is 5.33. The van der Waals surface area contributed by atoms with Gasteiger partial charge in [0, 0.05) is 5.92 Å². The predicted molar refractivity (Wildman–Crippen MR) is 116 cm³/mol. The number of aryl methyl sites for hydroxylation is 1. The van der Waals surface area contributed by atoms with Crippen LogP contribution >= 0.6 is 0 Å². The molecule has 170 valence electrons. The number of nitrogens with one attached hydrogen (secondary N) is 1. The average molecular weight is 461 g/mol. The SMILES string of the molecule is O=C(O)c1c(NS(=O)(=O)c2ccc(F)cc2CCCN2CCC2)ccc2c1OC[C@H]1C[C@@H]21. The number of sulfonamides is 1. The third-order valence-electron chi connectivity index (χ3n) is 6.59. The molecule has 1 saturated heterocycles. The first kappa shape index (κ1) is 21.2. The van der Waals surface area contributed by atoms with Crippen molar-refractivity contribution in [2.45, 2.75) is 36.5 Å². The second kappa shape index (κ2) is 8.04. The Bertz CT molecular complexity index is 1180. The molecule has 2 N–H and O–H groups in total. The topological polar surface area (TPSA) is 95.9 Å². The summed E-state index contributed by atoms with van der Waals surface area (Å²) in [5, 5.41) is 9.81. The van der Waals surface area contributed by atoms with E-state index in [4.69, 9.17) is 4.74 Å². The molecule has 9 heteroatoms. The first-order valence-corrected chi connectivity index (χ1v) is 12.4. The van der Waals surface area contributed by atoms with Crippen LogP contribution in [0.2, 0.25) is 0 Å². The molecule has 1 saturated carbocycles. The molecule has 2 fully saturated rings. The van der Waals surface area contributed by atoms with Crippen molar-refractivity contribution < 1.29 is 27.4 Å². The molecule has 2 atom stereocenters. The number of hydrogen-bond acceptors (Lipinski definition) is 5. The number of halogens is 1. The Hall–Kier alpha value is -2.65. The number of carboxylic acids is 1. The summed E-state index contributed by atoms with van der Waals surface area (Å²) in [6.45, 7) is 3.34. The summed E-state index contributed by atoms with van der Waals surface area (Å²) in [4.78, 5) is 14.2. The molecule has 3 aliphatic rings. The lowest BCUT2D eigenvalue weighted by molar-refractivity contribution is 0.0692. The van der Waals surface area contributed by atoms with Gasteiger partial charge in [-0.1, -0.05) is 6.07 Å². The highest BCUT2D eigenvalue weighted by Crippen LogP contribution is 2.55. The molecular formula is C23H25FN2O5S. The highest BCUT2D eigenvalue weighted by Gasteiger charge is 2.45. The maximum Gasteiger partial charge on any atom is 0.341 e. The maximum atomic E-state index is 13.9. The van der Waals surface area contributed by atoms with E-state index in [0.717, 1.165) is 37.7 Å². The van der Waals surface area contributed by atoms with Crippen LogP contribution in [0.4, 0.5) is 10.1 Å². The molecule has 0 radical (unpaired) electrons. The fourth-order valence-corrected chi connectivity index (χ4v) is 5.97. The zero-order valence-electron chi connectivity index (χ0n) is 17.5.